The van der Waals surface area contributed by atoms with E-state index < -0.39 is 12.1 Å². The summed E-state index contributed by atoms with van der Waals surface area (Å²) in [6, 6.07) is 16.0. The van der Waals surface area contributed by atoms with E-state index in [2.05, 4.69) is 0 Å². The molecule has 104 valence electrons. The van der Waals surface area contributed by atoms with Crippen LogP contribution in [0, 0.1) is 0 Å². The molecule has 0 bridgehead atoms. The Balaban J connectivity index is 2.13. The smallest absolute Gasteiger partial charge is 0.339 e. The van der Waals surface area contributed by atoms with Crippen LogP contribution in [0.4, 0.5) is 0 Å². The van der Waals surface area contributed by atoms with Crippen LogP contribution in [-0.2, 0) is 9.53 Å². The highest BCUT2D eigenvalue weighted by molar-refractivity contribution is 5.76. The number of hydrogen-bond donors (Lipinski definition) is 1. The van der Waals surface area contributed by atoms with E-state index in [4.69, 9.17) is 9.47 Å². The van der Waals surface area contributed by atoms with Gasteiger partial charge in [-0.1, -0.05) is 30.3 Å². The summed E-state index contributed by atoms with van der Waals surface area (Å²) in [5, 5.41) is 9.88. The highest BCUT2D eigenvalue weighted by Crippen LogP contribution is 2.24. The summed E-state index contributed by atoms with van der Waals surface area (Å²) in [5.41, 5.74) is 0.442. The highest BCUT2D eigenvalue weighted by atomic mass is 16.5. The maximum Gasteiger partial charge on any atom is 0.339 e. The molecule has 0 spiro atoms. The molecule has 0 aliphatic carbocycles. The molecule has 0 fully saturated rings. The summed E-state index contributed by atoms with van der Waals surface area (Å²) in [5.74, 6) is 0.580. The van der Waals surface area contributed by atoms with Crippen LogP contribution in [0.1, 0.15) is 18.6 Å². The predicted molar refractivity (Wildman–Crippen MR) is 74.6 cm³/mol. The summed E-state index contributed by atoms with van der Waals surface area (Å²) in [6.45, 7) is 1.93. The third-order valence-electron chi connectivity index (χ3n) is 2.66. The molecule has 20 heavy (non-hydrogen) atoms. The third kappa shape index (κ3) is 3.59. The minimum atomic E-state index is -1.30. The van der Waals surface area contributed by atoms with Crippen molar-refractivity contribution in [1.29, 1.82) is 0 Å². The average molecular weight is 272 g/mol. The number of ether oxygens (including phenoxy) is 2. The van der Waals surface area contributed by atoms with Crippen molar-refractivity contribution in [3.8, 4) is 11.5 Å². The molecule has 0 aliphatic rings. The number of aliphatic hydroxyl groups excluding tert-OH is 1. The van der Waals surface area contributed by atoms with Crippen molar-refractivity contribution in [2.24, 2.45) is 0 Å². The molecule has 0 saturated carbocycles. The van der Waals surface area contributed by atoms with Gasteiger partial charge >= 0.3 is 5.97 Å². The molecule has 4 heteroatoms. The Labute approximate surface area is 117 Å². The molecule has 0 aliphatic heterocycles. The lowest BCUT2D eigenvalue weighted by Crippen LogP contribution is -2.15. The number of para-hydroxylation sites is 1. The van der Waals surface area contributed by atoms with E-state index in [1.165, 1.54) is 0 Å². The zero-order valence-corrected chi connectivity index (χ0v) is 11.2. The first kappa shape index (κ1) is 14.1. The van der Waals surface area contributed by atoms with Crippen LogP contribution in [0.2, 0.25) is 0 Å². The number of carbonyl (C=O) groups is 1. The second-order valence-corrected chi connectivity index (χ2v) is 4.14. The number of benzene rings is 2. The average Bonchev–Trinajstić information content (AvgIpc) is 2.48. The third-order valence-corrected chi connectivity index (χ3v) is 2.66. The fraction of sp³-hybridized carbons (Fsp3) is 0.188. The highest BCUT2D eigenvalue weighted by Gasteiger charge is 2.18. The number of rotatable bonds is 5. The number of aliphatic hydroxyl groups is 1. The van der Waals surface area contributed by atoms with E-state index >= 15 is 0 Å². The second-order valence-electron chi connectivity index (χ2n) is 4.14. The summed E-state index contributed by atoms with van der Waals surface area (Å²) in [4.78, 5) is 11.5. The van der Waals surface area contributed by atoms with Crippen LogP contribution in [0.15, 0.2) is 54.6 Å². The van der Waals surface area contributed by atoms with Gasteiger partial charge in [0, 0.05) is 0 Å². The van der Waals surface area contributed by atoms with Gasteiger partial charge in [0.15, 0.2) is 6.10 Å². The Morgan fingerprint density at radius 3 is 2.50 bits per heavy atom. The van der Waals surface area contributed by atoms with Gasteiger partial charge in [-0.3, -0.25) is 0 Å². The lowest BCUT2D eigenvalue weighted by atomic mass is 10.1. The molecule has 2 rings (SSSR count). The van der Waals surface area contributed by atoms with Gasteiger partial charge < -0.3 is 14.6 Å². The zero-order chi connectivity index (χ0) is 14.4. The SMILES string of the molecule is CCOC(=O)C(O)c1cccc(Oc2ccccc2)c1. The summed E-state index contributed by atoms with van der Waals surface area (Å²) in [6.07, 6.45) is -1.30. The van der Waals surface area contributed by atoms with Crippen molar-refractivity contribution in [1.82, 2.24) is 0 Å². The quantitative estimate of drug-likeness (QED) is 0.850. The lowest BCUT2D eigenvalue weighted by molar-refractivity contribution is -0.153. The van der Waals surface area contributed by atoms with E-state index in [-0.39, 0.29) is 6.61 Å². The van der Waals surface area contributed by atoms with Crippen LogP contribution < -0.4 is 4.74 Å². The maximum absolute atomic E-state index is 11.5. The Bertz CT molecular complexity index is 566. The molecule has 0 radical (unpaired) electrons. The largest absolute Gasteiger partial charge is 0.464 e. The van der Waals surface area contributed by atoms with Crippen LogP contribution >= 0.6 is 0 Å². The van der Waals surface area contributed by atoms with Crippen molar-refractivity contribution in [3.05, 3.63) is 60.2 Å². The molecule has 0 amide bonds. The van der Waals surface area contributed by atoms with E-state index in [0.29, 0.717) is 17.1 Å². The first-order valence-electron chi connectivity index (χ1n) is 6.38. The Morgan fingerprint density at radius 1 is 1.10 bits per heavy atom. The van der Waals surface area contributed by atoms with E-state index in [9.17, 15) is 9.90 Å². The molecule has 0 aromatic heterocycles. The Kier molecular flexibility index (Phi) is 4.74. The van der Waals surface area contributed by atoms with Gasteiger partial charge in [0.25, 0.3) is 0 Å². The predicted octanol–water partition coefficient (Wildman–Crippen LogP) is 3.08. The first-order valence-corrected chi connectivity index (χ1v) is 6.38. The monoisotopic (exact) mass is 272 g/mol. The summed E-state index contributed by atoms with van der Waals surface area (Å²) >= 11 is 0. The van der Waals surface area contributed by atoms with Crippen molar-refractivity contribution >= 4 is 5.97 Å². The van der Waals surface area contributed by atoms with Gasteiger partial charge in [0.05, 0.1) is 6.61 Å². The molecule has 1 N–H and O–H groups in total. The van der Waals surface area contributed by atoms with Gasteiger partial charge in [-0.05, 0) is 36.8 Å². The minimum Gasteiger partial charge on any atom is -0.464 e. The molecule has 1 atom stereocenters. The summed E-state index contributed by atoms with van der Waals surface area (Å²) < 4.78 is 10.4. The van der Waals surface area contributed by atoms with Gasteiger partial charge in [-0.15, -0.1) is 0 Å². The van der Waals surface area contributed by atoms with E-state index in [0.717, 1.165) is 0 Å². The molecule has 0 heterocycles. The fourth-order valence-corrected chi connectivity index (χ4v) is 1.73. The van der Waals surface area contributed by atoms with E-state index in [1.54, 1.807) is 31.2 Å². The fourth-order valence-electron chi connectivity index (χ4n) is 1.73. The van der Waals surface area contributed by atoms with Crippen molar-refractivity contribution < 1.29 is 19.4 Å². The topological polar surface area (TPSA) is 55.8 Å². The van der Waals surface area contributed by atoms with E-state index in [1.807, 2.05) is 30.3 Å². The molecule has 2 aromatic rings. The van der Waals surface area contributed by atoms with Gasteiger partial charge in [-0.2, -0.15) is 0 Å². The minimum absolute atomic E-state index is 0.232. The molecule has 0 saturated heterocycles. The molecular formula is C16H16O4. The summed E-state index contributed by atoms with van der Waals surface area (Å²) in [7, 11) is 0. The van der Waals surface area contributed by atoms with Gasteiger partial charge in [0.2, 0.25) is 0 Å². The van der Waals surface area contributed by atoms with Gasteiger partial charge in [0.1, 0.15) is 11.5 Å². The van der Waals surface area contributed by atoms with Crippen LogP contribution in [0.25, 0.3) is 0 Å². The van der Waals surface area contributed by atoms with Crippen molar-refractivity contribution in [3.63, 3.8) is 0 Å². The maximum atomic E-state index is 11.5. The standard InChI is InChI=1S/C16H16O4/c1-2-19-16(18)15(17)12-7-6-10-14(11-12)20-13-8-4-3-5-9-13/h3-11,15,17H,2H2,1H3. The normalized spacial score (nSPS) is 11.7. The number of carbonyl (C=O) groups excluding carboxylic acids is 1. The zero-order valence-electron chi connectivity index (χ0n) is 11.2. The molecular weight excluding hydrogens is 256 g/mol. The second kappa shape index (κ2) is 6.73. The first-order chi connectivity index (χ1) is 9.70. The number of hydrogen-bond acceptors (Lipinski definition) is 4. The van der Waals surface area contributed by atoms with Crippen molar-refractivity contribution in [2.45, 2.75) is 13.0 Å². The van der Waals surface area contributed by atoms with Crippen molar-refractivity contribution in [2.75, 3.05) is 6.61 Å². The lowest BCUT2D eigenvalue weighted by Gasteiger charge is -2.11. The van der Waals surface area contributed by atoms with Gasteiger partial charge in [-0.25, -0.2) is 4.79 Å². The Hall–Kier alpha value is -2.33. The molecule has 1 unspecified atom stereocenters. The van der Waals surface area contributed by atoms with Crippen LogP contribution in [-0.4, -0.2) is 17.7 Å². The molecule has 4 nitrogen and oxygen atoms in total. The Morgan fingerprint density at radius 2 is 1.80 bits per heavy atom. The van der Waals surface area contributed by atoms with Crippen LogP contribution in [0.3, 0.4) is 0 Å². The van der Waals surface area contributed by atoms with Crippen LogP contribution in [0.5, 0.6) is 11.5 Å². The molecule has 2 aromatic carbocycles. The number of esters is 1.